The third-order valence-electron chi connectivity index (χ3n) is 6.77. The van der Waals surface area contributed by atoms with Gasteiger partial charge in [-0.05, 0) is 56.9 Å². The van der Waals surface area contributed by atoms with Gasteiger partial charge >= 0.3 is 5.97 Å². The fraction of sp³-hybridized carbons (Fsp3) is 0.621. The minimum absolute atomic E-state index is 0.114. The van der Waals surface area contributed by atoms with Crippen molar-refractivity contribution in [2.45, 2.75) is 103 Å². The van der Waals surface area contributed by atoms with Crippen molar-refractivity contribution in [3.63, 3.8) is 0 Å². The third-order valence-corrected chi connectivity index (χ3v) is 6.77. The van der Waals surface area contributed by atoms with E-state index in [1.54, 1.807) is 24.3 Å². The van der Waals surface area contributed by atoms with E-state index in [4.69, 9.17) is 4.74 Å². The molecular formula is C29H43NO6. The third kappa shape index (κ3) is 10.6. The Kier molecular flexibility index (Phi) is 12.3. The molecule has 1 aromatic carbocycles. The van der Waals surface area contributed by atoms with Crippen LogP contribution in [0.25, 0.3) is 0 Å². The molecule has 2 rings (SSSR count). The Balaban J connectivity index is 1.68. The van der Waals surface area contributed by atoms with Crippen LogP contribution in [0.5, 0.6) is 5.75 Å². The molecule has 7 nitrogen and oxygen atoms in total. The molecular weight excluding hydrogens is 458 g/mol. The van der Waals surface area contributed by atoms with Crippen molar-refractivity contribution in [2.75, 3.05) is 5.32 Å². The fourth-order valence-electron chi connectivity index (χ4n) is 4.71. The van der Waals surface area contributed by atoms with Crippen LogP contribution in [0.2, 0.25) is 0 Å². The Labute approximate surface area is 215 Å². The van der Waals surface area contributed by atoms with Crippen molar-refractivity contribution in [2.24, 2.45) is 11.8 Å². The van der Waals surface area contributed by atoms with Gasteiger partial charge in [0.1, 0.15) is 11.5 Å². The molecule has 1 aliphatic carbocycles. The molecule has 1 amide bonds. The van der Waals surface area contributed by atoms with Gasteiger partial charge < -0.3 is 20.3 Å². The standard InChI is InChI=1S/C29H43NO6/c1-4-5-18-29(3,35)19-10-12-25-24(26(32)20-27(25)33)11-8-6-7-9-13-28(34)36-23-16-14-22(15-17-23)30-21(2)31/h10,12,14-17,24-25,27,33,35H,4-9,11,13,18-20H2,1-3H3,(H,30,31)/t24-,25-,27-,29?/m1/s1. The molecule has 0 aromatic heterocycles. The molecule has 1 unspecified atom stereocenters. The fourth-order valence-corrected chi connectivity index (χ4v) is 4.71. The Morgan fingerprint density at radius 2 is 1.83 bits per heavy atom. The van der Waals surface area contributed by atoms with Gasteiger partial charge in [0.15, 0.2) is 0 Å². The number of ketones is 1. The van der Waals surface area contributed by atoms with Gasteiger partial charge in [0.25, 0.3) is 0 Å². The highest BCUT2D eigenvalue weighted by Gasteiger charge is 2.39. The first-order chi connectivity index (χ1) is 17.1. The minimum atomic E-state index is -0.757. The average molecular weight is 502 g/mol. The second-order valence-corrected chi connectivity index (χ2v) is 10.3. The monoisotopic (exact) mass is 501 g/mol. The molecule has 0 heterocycles. The molecule has 0 radical (unpaired) electrons. The van der Waals surface area contributed by atoms with E-state index < -0.39 is 11.7 Å². The van der Waals surface area contributed by atoms with Crippen molar-refractivity contribution in [1.82, 2.24) is 0 Å². The second-order valence-electron chi connectivity index (χ2n) is 10.3. The lowest BCUT2D eigenvalue weighted by Crippen LogP contribution is -2.23. The highest BCUT2D eigenvalue weighted by Crippen LogP contribution is 2.35. The molecule has 0 saturated heterocycles. The highest BCUT2D eigenvalue weighted by atomic mass is 16.5. The van der Waals surface area contributed by atoms with Gasteiger partial charge in [0, 0.05) is 37.3 Å². The molecule has 7 heteroatoms. The second kappa shape index (κ2) is 14.9. The molecule has 0 aliphatic heterocycles. The van der Waals surface area contributed by atoms with Crippen molar-refractivity contribution in [3.05, 3.63) is 36.4 Å². The van der Waals surface area contributed by atoms with E-state index in [1.165, 1.54) is 6.92 Å². The maximum atomic E-state index is 12.4. The van der Waals surface area contributed by atoms with Crippen LogP contribution in [-0.4, -0.2) is 39.6 Å². The van der Waals surface area contributed by atoms with Crippen LogP contribution in [0.1, 0.15) is 91.4 Å². The maximum Gasteiger partial charge on any atom is 0.311 e. The smallest absolute Gasteiger partial charge is 0.311 e. The van der Waals surface area contributed by atoms with Crippen LogP contribution in [-0.2, 0) is 14.4 Å². The van der Waals surface area contributed by atoms with Crippen molar-refractivity contribution < 1.29 is 29.3 Å². The van der Waals surface area contributed by atoms with Gasteiger partial charge in [-0.2, -0.15) is 0 Å². The number of Topliss-reactive ketones (excluding diaryl/α,β-unsaturated/α-hetero) is 1. The number of amides is 1. The lowest BCUT2D eigenvalue weighted by atomic mass is 9.87. The summed E-state index contributed by atoms with van der Waals surface area (Å²) in [5.74, 6) is -0.265. The van der Waals surface area contributed by atoms with E-state index in [1.807, 2.05) is 19.1 Å². The number of ether oxygens (including phenoxy) is 1. The zero-order valence-electron chi connectivity index (χ0n) is 22.0. The van der Waals surface area contributed by atoms with Gasteiger partial charge in [-0.1, -0.05) is 51.2 Å². The summed E-state index contributed by atoms with van der Waals surface area (Å²) >= 11 is 0. The van der Waals surface area contributed by atoms with Gasteiger partial charge in [0.2, 0.25) is 5.91 Å². The summed E-state index contributed by atoms with van der Waals surface area (Å²) in [6.07, 6.45) is 11.0. The van der Waals surface area contributed by atoms with Crippen molar-refractivity contribution in [1.29, 1.82) is 0 Å². The van der Waals surface area contributed by atoms with Gasteiger partial charge in [-0.25, -0.2) is 0 Å². The highest BCUT2D eigenvalue weighted by molar-refractivity contribution is 5.88. The van der Waals surface area contributed by atoms with Crippen LogP contribution in [0.15, 0.2) is 36.4 Å². The Bertz CT molecular complexity index is 876. The predicted octanol–water partition coefficient (Wildman–Crippen LogP) is 5.34. The largest absolute Gasteiger partial charge is 0.427 e. The molecule has 1 aromatic rings. The van der Waals surface area contributed by atoms with Crippen LogP contribution in [0.4, 0.5) is 5.69 Å². The first-order valence-electron chi connectivity index (χ1n) is 13.3. The molecule has 1 saturated carbocycles. The maximum absolute atomic E-state index is 12.4. The molecule has 0 bridgehead atoms. The Morgan fingerprint density at radius 1 is 1.14 bits per heavy atom. The minimum Gasteiger partial charge on any atom is -0.427 e. The molecule has 0 spiro atoms. The molecule has 3 N–H and O–H groups in total. The number of anilines is 1. The number of benzene rings is 1. The number of aliphatic hydroxyl groups is 2. The summed E-state index contributed by atoms with van der Waals surface area (Å²) in [7, 11) is 0. The Hall–Kier alpha value is -2.51. The van der Waals surface area contributed by atoms with Gasteiger partial charge in [0.05, 0.1) is 11.7 Å². The summed E-state index contributed by atoms with van der Waals surface area (Å²) in [5, 5.41) is 23.5. The average Bonchev–Trinajstić information content (AvgIpc) is 3.08. The number of carbonyl (C=O) groups is 3. The number of rotatable bonds is 15. The topological polar surface area (TPSA) is 113 Å². The number of nitrogens with one attached hydrogen (secondary N) is 1. The lowest BCUT2D eigenvalue weighted by Gasteiger charge is -2.22. The van der Waals surface area contributed by atoms with Gasteiger partial charge in [-0.3, -0.25) is 14.4 Å². The number of hydrogen-bond acceptors (Lipinski definition) is 6. The van der Waals surface area contributed by atoms with Crippen LogP contribution < -0.4 is 10.1 Å². The summed E-state index contributed by atoms with van der Waals surface area (Å²) in [6.45, 7) is 5.36. The summed E-state index contributed by atoms with van der Waals surface area (Å²) in [6, 6.07) is 6.66. The zero-order valence-corrected chi connectivity index (χ0v) is 22.0. The number of carbonyl (C=O) groups excluding carboxylic acids is 3. The van der Waals surface area contributed by atoms with Crippen molar-refractivity contribution in [3.8, 4) is 5.75 Å². The molecule has 4 atom stereocenters. The Morgan fingerprint density at radius 3 is 2.50 bits per heavy atom. The first-order valence-corrected chi connectivity index (χ1v) is 13.3. The molecule has 200 valence electrons. The van der Waals surface area contributed by atoms with E-state index in [0.717, 1.165) is 44.9 Å². The predicted molar refractivity (Wildman–Crippen MR) is 141 cm³/mol. The van der Waals surface area contributed by atoms with E-state index >= 15 is 0 Å². The van der Waals surface area contributed by atoms with Crippen LogP contribution in [0, 0.1) is 11.8 Å². The number of esters is 1. The van der Waals surface area contributed by atoms with E-state index in [-0.39, 0.29) is 35.9 Å². The normalized spacial score (nSPS) is 21.5. The SMILES string of the molecule is CCCCC(C)(O)CC=C[C@H]1[C@H](O)CC(=O)[C@@H]1CCCCCCC(=O)Oc1ccc(NC(C)=O)cc1. The first kappa shape index (κ1) is 29.7. The van der Waals surface area contributed by atoms with E-state index in [2.05, 4.69) is 12.2 Å². The van der Waals surface area contributed by atoms with E-state index in [9.17, 15) is 24.6 Å². The quantitative estimate of drug-likeness (QED) is 0.129. The van der Waals surface area contributed by atoms with Crippen molar-refractivity contribution >= 4 is 23.3 Å². The summed E-state index contributed by atoms with van der Waals surface area (Å²) < 4.78 is 5.34. The van der Waals surface area contributed by atoms with Gasteiger partial charge in [-0.15, -0.1) is 0 Å². The van der Waals surface area contributed by atoms with Crippen LogP contribution >= 0.6 is 0 Å². The lowest BCUT2D eigenvalue weighted by molar-refractivity contribution is -0.134. The number of aliphatic hydroxyl groups excluding tert-OH is 1. The summed E-state index contributed by atoms with van der Waals surface area (Å²) in [5.41, 5.74) is -0.112. The van der Waals surface area contributed by atoms with Crippen LogP contribution in [0.3, 0.4) is 0 Å². The molecule has 1 aliphatic rings. The molecule has 1 fully saturated rings. The zero-order chi connectivity index (χ0) is 26.6. The number of unbranched alkanes of at least 4 members (excludes halogenated alkanes) is 4. The summed E-state index contributed by atoms with van der Waals surface area (Å²) in [4.78, 5) is 35.6. The number of hydrogen-bond donors (Lipinski definition) is 3. The van der Waals surface area contributed by atoms with E-state index in [0.29, 0.717) is 30.7 Å². The molecule has 36 heavy (non-hydrogen) atoms.